The molecule has 3 aromatic carbocycles. The number of ether oxygens (including phenoxy) is 2. The highest BCUT2D eigenvalue weighted by Crippen LogP contribution is 2.30. The Balaban J connectivity index is 0.895. The largest absolute Gasteiger partial charge is 0.678 e. The van der Waals surface area contributed by atoms with Gasteiger partial charge in [-0.1, -0.05) is 60.7 Å². The number of thiophene rings is 1. The van der Waals surface area contributed by atoms with Gasteiger partial charge >= 0.3 is 7.40 Å². The monoisotopic (exact) mass is 790 g/mol. The second-order valence-electron chi connectivity index (χ2n) is 15.4. The first-order chi connectivity index (χ1) is 27.3. The number of aromatic nitrogens is 1. The van der Waals surface area contributed by atoms with E-state index < -0.39 is 19.0 Å². The van der Waals surface area contributed by atoms with Crippen molar-refractivity contribution in [2.75, 3.05) is 19.8 Å². The standard InChI is InChI=1S/C45H49BF2N4O4S/c1-44(2,49-29-37(53)30-56-41-13-7-11-33-10-5-6-12-39(33)41)25-9-26-45(3,4)51-43(54)31-55-38-22-16-32(17-23-38)15-18-34-19-20-35(50-34)28-36-21-24-40(52(36)46(47)48)42-14-8-27-57-42/h5-8,10-24,27-28,37,49,53H,9,25-26,29-31H2,1-4H3,(H,51,54)/b18-15+,35-28-/t37-/m0/s1. The molecule has 0 aliphatic carbocycles. The van der Waals surface area contributed by atoms with Crippen LogP contribution in [0, 0.1) is 0 Å². The Kier molecular flexibility index (Phi) is 13.6. The van der Waals surface area contributed by atoms with E-state index in [-0.39, 0.29) is 24.7 Å². The summed E-state index contributed by atoms with van der Waals surface area (Å²) in [5, 5.41) is 21.2. The summed E-state index contributed by atoms with van der Waals surface area (Å²) in [6.07, 6.45) is 10.9. The van der Waals surface area contributed by atoms with Crippen molar-refractivity contribution in [1.82, 2.24) is 15.1 Å². The Morgan fingerprint density at radius 1 is 0.912 bits per heavy atom. The summed E-state index contributed by atoms with van der Waals surface area (Å²) in [6, 6.07) is 28.4. The van der Waals surface area contributed by atoms with Gasteiger partial charge in [0.2, 0.25) is 0 Å². The molecule has 3 heterocycles. The number of allylic oxidation sites excluding steroid dienone is 3. The number of fused-ring (bicyclic) bond motifs is 1. The number of hydrogen-bond donors (Lipinski definition) is 3. The molecule has 1 aliphatic heterocycles. The molecule has 0 spiro atoms. The molecule has 0 fully saturated rings. The Morgan fingerprint density at radius 2 is 1.68 bits per heavy atom. The lowest BCUT2D eigenvalue weighted by Gasteiger charge is -2.31. The summed E-state index contributed by atoms with van der Waals surface area (Å²) in [4.78, 5) is 18.2. The van der Waals surface area contributed by atoms with Crippen LogP contribution >= 0.6 is 11.3 Å². The lowest BCUT2D eigenvalue weighted by molar-refractivity contribution is -0.124. The van der Waals surface area contributed by atoms with Crippen LogP contribution < -0.4 is 20.1 Å². The first kappa shape index (κ1) is 41.3. The second kappa shape index (κ2) is 18.8. The summed E-state index contributed by atoms with van der Waals surface area (Å²) in [5.74, 6) is 1.13. The molecule has 5 aromatic rings. The Labute approximate surface area is 337 Å². The minimum Gasteiger partial charge on any atom is -0.490 e. The van der Waals surface area contributed by atoms with Crippen molar-refractivity contribution in [3.63, 3.8) is 0 Å². The minimum atomic E-state index is -2.68. The number of nitrogens with zero attached hydrogens (tertiary/aromatic N) is 2. The lowest BCUT2D eigenvalue weighted by Crippen LogP contribution is -2.47. The maximum absolute atomic E-state index is 14.0. The summed E-state index contributed by atoms with van der Waals surface area (Å²) in [5.41, 5.74) is 2.42. The van der Waals surface area contributed by atoms with E-state index in [4.69, 9.17) is 9.47 Å². The highest BCUT2D eigenvalue weighted by atomic mass is 32.1. The predicted octanol–water partition coefficient (Wildman–Crippen LogP) is 9.46. The number of halogens is 2. The van der Waals surface area contributed by atoms with Crippen molar-refractivity contribution < 1.29 is 28.0 Å². The third-order valence-electron chi connectivity index (χ3n) is 9.67. The van der Waals surface area contributed by atoms with E-state index in [1.165, 1.54) is 11.3 Å². The van der Waals surface area contributed by atoms with Crippen LogP contribution in [0.25, 0.3) is 33.5 Å². The highest BCUT2D eigenvalue weighted by molar-refractivity contribution is 7.13. The summed E-state index contributed by atoms with van der Waals surface area (Å²) in [6.45, 7) is 8.73. The minimum absolute atomic E-state index is 0.106. The molecule has 2 aromatic heterocycles. The molecule has 6 rings (SSSR count). The van der Waals surface area contributed by atoms with Crippen LogP contribution in [0.3, 0.4) is 0 Å². The van der Waals surface area contributed by atoms with Crippen molar-refractivity contribution in [2.45, 2.75) is 64.1 Å². The third-order valence-corrected chi connectivity index (χ3v) is 10.6. The average Bonchev–Trinajstić information content (AvgIpc) is 3.97. The van der Waals surface area contributed by atoms with Gasteiger partial charge in [0.15, 0.2) is 6.61 Å². The van der Waals surface area contributed by atoms with Crippen LogP contribution in [0.1, 0.15) is 58.2 Å². The van der Waals surface area contributed by atoms with E-state index >= 15 is 0 Å². The average molecular weight is 791 g/mol. The van der Waals surface area contributed by atoms with Gasteiger partial charge in [0.25, 0.3) is 5.91 Å². The molecule has 1 aliphatic rings. The van der Waals surface area contributed by atoms with E-state index in [9.17, 15) is 18.5 Å². The Hall–Kier alpha value is -5.30. The van der Waals surface area contributed by atoms with Gasteiger partial charge < -0.3 is 29.7 Å². The first-order valence-electron chi connectivity index (χ1n) is 19.1. The molecule has 0 bridgehead atoms. The van der Waals surface area contributed by atoms with Gasteiger partial charge in [0, 0.05) is 33.6 Å². The van der Waals surface area contributed by atoms with Crippen molar-refractivity contribution in [1.29, 1.82) is 0 Å². The molecule has 0 radical (unpaired) electrons. The first-order valence-corrected chi connectivity index (χ1v) is 20.0. The molecule has 8 nitrogen and oxygen atoms in total. The molecular formula is C45H49BF2N4O4S. The Morgan fingerprint density at radius 3 is 2.46 bits per heavy atom. The number of carbonyl (C=O) groups is 1. The molecule has 0 saturated heterocycles. The number of aliphatic hydroxyl groups is 1. The fraction of sp³-hybridized carbons (Fsp3) is 0.289. The molecular weight excluding hydrogens is 741 g/mol. The smallest absolute Gasteiger partial charge is 0.490 e. The zero-order valence-corrected chi connectivity index (χ0v) is 33.6. The third kappa shape index (κ3) is 11.9. The fourth-order valence-electron chi connectivity index (χ4n) is 6.65. The zero-order valence-electron chi connectivity index (χ0n) is 32.8. The number of carbonyl (C=O) groups excluding carboxylic acids is 1. The van der Waals surface area contributed by atoms with Gasteiger partial charge in [-0.3, -0.25) is 13.4 Å². The molecule has 1 amide bonds. The maximum Gasteiger partial charge on any atom is 0.678 e. The van der Waals surface area contributed by atoms with Crippen molar-refractivity contribution in [3.05, 3.63) is 132 Å². The zero-order chi connectivity index (χ0) is 40.4. The van der Waals surface area contributed by atoms with Gasteiger partial charge in [-0.15, -0.1) is 11.3 Å². The van der Waals surface area contributed by atoms with Crippen molar-refractivity contribution in [3.8, 4) is 22.1 Å². The molecule has 0 unspecified atom stereocenters. The van der Waals surface area contributed by atoms with Gasteiger partial charge in [-0.05, 0) is 124 Å². The van der Waals surface area contributed by atoms with Gasteiger partial charge in [0.1, 0.15) is 24.2 Å². The number of hydrogen-bond acceptors (Lipinski definition) is 7. The van der Waals surface area contributed by atoms with E-state index in [0.717, 1.165) is 50.7 Å². The molecule has 3 N–H and O–H groups in total. The number of benzene rings is 3. The highest BCUT2D eigenvalue weighted by Gasteiger charge is 2.25. The predicted molar refractivity (Wildman–Crippen MR) is 230 cm³/mol. The van der Waals surface area contributed by atoms with E-state index in [1.807, 2.05) is 104 Å². The fourth-order valence-corrected chi connectivity index (χ4v) is 7.39. The lowest BCUT2D eigenvalue weighted by atomic mass is 9.91. The van der Waals surface area contributed by atoms with Gasteiger partial charge in [-0.2, -0.15) is 0 Å². The van der Waals surface area contributed by atoms with Crippen LogP contribution in [0.15, 0.2) is 125 Å². The number of β-amino-alcohol motifs (C(OH)–C–C–N with tert-alkyl or cyclic N) is 1. The van der Waals surface area contributed by atoms with Crippen LogP contribution in [0.2, 0.25) is 0 Å². The van der Waals surface area contributed by atoms with Gasteiger partial charge in [-0.25, -0.2) is 4.99 Å². The number of rotatable bonds is 19. The van der Waals surface area contributed by atoms with Crippen LogP contribution in [0.5, 0.6) is 11.5 Å². The number of nitrogens with one attached hydrogen (secondary N) is 2. The molecule has 0 saturated carbocycles. The number of amides is 1. The number of aliphatic hydroxyl groups excluding tert-OH is 1. The molecule has 57 heavy (non-hydrogen) atoms. The van der Waals surface area contributed by atoms with Gasteiger partial charge in [0.05, 0.1) is 17.1 Å². The van der Waals surface area contributed by atoms with Crippen molar-refractivity contribution in [2.24, 2.45) is 4.99 Å². The summed E-state index contributed by atoms with van der Waals surface area (Å²) in [7, 11) is -2.68. The quantitative estimate of drug-likeness (QED) is 0.0725. The maximum atomic E-state index is 14.0. The van der Waals surface area contributed by atoms with Crippen LogP contribution in [-0.4, -0.2) is 65.5 Å². The molecule has 12 heteroatoms. The van der Waals surface area contributed by atoms with Crippen LogP contribution in [-0.2, 0) is 4.79 Å². The van der Waals surface area contributed by atoms with E-state index in [2.05, 4.69) is 29.5 Å². The van der Waals surface area contributed by atoms with E-state index in [0.29, 0.717) is 35.1 Å². The SMILES string of the molecule is CC(C)(CCCC(C)(C)NC(=O)COc1ccc(/C=C/C2=NC(=C\c3ccc(-c4cccs4)n3B(F)F)/C=C2)cc1)NC[C@H](O)COc1cccc2ccccc12. The van der Waals surface area contributed by atoms with Crippen molar-refractivity contribution >= 4 is 53.3 Å². The van der Waals surface area contributed by atoms with Crippen LogP contribution in [0.4, 0.5) is 8.63 Å². The number of aliphatic imine (C=N–C) groups is 1. The Bertz CT molecular complexity index is 2240. The normalized spacial score (nSPS) is 14.4. The topological polar surface area (TPSA) is 97.1 Å². The molecule has 1 atom stereocenters. The molecule has 296 valence electrons. The summed E-state index contributed by atoms with van der Waals surface area (Å²) >= 11 is 1.42. The second-order valence-corrected chi connectivity index (χ2v) is 16.3. The summed E-state index contributed by atoms with van der Waals surface area (Å²) < 4.78 is 40.7. The van der Waals surface area contributed by atoms with E-state index in [1.54, 1.807) is 36.4 Å².